The van der Waals surface area contributed by atoms with Gasteiger partial charge in [0.25, 0.3) is 0 Å². The van der Waals surface area contributed by atoms with Crippen LogP contribution in [0.15, 0.2) is 18.2 Å². The molecule has 0 spiro atoms. The SMILES string of the molecule is CCCCCCc1c(CCl)cccc1C(=O)O. The smallest absolute Gasteiger partial charge is 0.335 e. The topological polar surface area (TPSA) is 37.3 Å². The number of alkyl halides is 1. The monoisotopic (exact) mass is 254 g/mol. The first kappa shape index (κ1) is 14.0. The predicted molar refractivity (Wildman–Crippen MR) is 70.8 cm³/mol. The van der Waals surface area contributed by atoms with E-state index >= 15 is 0 Å². The van der Waals surface area contributed by atoms with E-state index in [1.54, 1.807) is 12.1 Å². The van der Waals surface area contributed by atoms with Gasteiger partial charge in [0.15, 0.2) is 0 Å². The van der Waals surface area contributed by atoms with Gasteiger partial charge in [0.05, 0.1) is 5.56 Å². The van der Waals surface area contributed by atoms with Gasteiger partial charge in [0, 0.05) is 5.88 Å². The summed E-state index contributed by atoms with van der Waals surface area (Å²) < 4.78 is 0. The molecule has 0 bridgehead atoms. The van der Waals surface area contributed by atoms with Crippen molar-refractivity contribution in [1.82, 2.24) is 0 Å². The zero-order valence-electron chi connectivity index (χ0n) is 10.2. The molecule has 17 heavy (non-hydrogen) atoms. The van der Waals surface area contributed by atoms with Crippen LogP contribution in [0, 0.1) is 0 Å². The maximum atomic E-state index is 11.1. The molecule has 0 aliphatic carbocycles. The van der Waals surface area contributed by atoms with E-state index < -0.39 is 5.97 Å². The van der Waals surface area contributed by atoms with Crippen LogP contribution in [-0.2, 0) is 12.3 Å². The second-order valence-electron chi connectivity index (χ2n) is 4.19. The van der Waals surface area contributed by atoms with Gasteiger partial charge in [-0.25, -0.2) is 4.79 Å². The fourth-order valence-corrected chi connectivity index (χ4v) is 2.23. The van der Waals surface area contributed by atoms with Crippen molar-refractivity contribution in [2.24, 2.45) is 0 Å². The molecule has 0 radical (unpaired) electrons. The van der Waals surface area contributed by atoms with Gasteiger partial charge < -0.3 is 5.11 Å². The Morgan fingerprint density at radius 2 is 2.06 bits per heavy atom. The molecule has 94 valence electrons. The summed E-state index contributed by atoms with van der Waals surface area (Å²) >= 11 is 5.86. The van der Waals surface area contributed by atoms with Crippen LogP contribution in [0.1, 0.15) is 54.1 Å². The van der Waals surface area contributed by atoms with E-state index in [0.29, 0.717) is 11.4 Å². The van der Waals surface area contributed by atoms with E-state index in [0.717, 1.165) is 30.4 Å². The number of hydrogen-bond acceptors (Lipinski definition) is 1. The average Bonchev–Trinajstić information content (AvgIpc) is 2.34. The molecule has 0 amide bonds. The lowest BCUT2D eigenvalue weighted by molar-refractivity contribution is 0.0695. The molecule has 1 rings (SSSR count). The molecule has 3 heteroatoms. The highest BCUT2D eigenvalue weighted by Gasteiger charge is 2.12. The van der Waals surface area contributed by atoms with Gasteiger partial charge >= 0.3 is 5.97 Å². The van der Waals surface area contributed by atoms with Crippen molar-refractivity contribution < 1.29 is 9.90 Å². The molecule has 0 aliphatic heterocycles. The summed E-state index contributed by atoms with van der Waals surface area (Å²) in [6.07, 6.45) is 5.37. The van der Waals surface area contributed by atoms with Crippen LogP contribution >= 0.6 is 11.6 Å². The zero-order chi connectivity index (χ0) is 12.7. The Hall–Kier alpha value is -1.02. The van der Waals surface area contributed by atoms with Crippen LogP contribution in [0.2, 0.25) is 0 Å². The van der Waals surface area contributed by atoms with E-state index in [-0.39, 0.29) is 0 Å². The molecular weight excluding hydrogens is 236 g/mol. The van der Waals surface area contributed by atoms with Crippen LogP contribution in [0.4, 0.5) is 0 Å². The van der Waals surface area contributed by atoms with E-state index in [1.807, 2.05) is 6.07 Å². The summed E-state index contributed by atoms with van der Waals surface area (Å²) in [6, 6.07) is 5.33. The molecule has 1 aromatic carbocycles. The maximum Gasteiger partial charge on any atom is 0.335 e. The lowest BCUT2D eigenvalue weighted by Crippen LogP contribution is -2.05. The maximum absolute atomic E-state index is 11.1. The van der Waals surface area contributed by atoms with Crippen molar-refractivity contribution in [2.45, 2.75) is 44.9 Å². The Balaban J connectivity index is 2.82. The molecule has 0 aliphatic rings. The van der Waals surface area contributed by atoms with Gasteiger partial charge in [-0.3, -0.25) is 0 Å². The third-order valence-corrected chi connectivity index (χ3v) is 3.22. The zero-order valence-corrected chi connectivity index (χ0v) is 11.0. The molecule has 0 heterocycles. The normalized spacial score (nSPS) is 10.5. The fourth-order valence-electron chi connectivity index (χ4n) is 1.98. The van der Waals surface area contributed by atoms with E-state index in [4.69, 9.17) is 16.7 Å². The number of carboxylic acids is 1. The quantitative estimate of drug-likeness (QED) is 0.584. The minimum Gasteiger partial charge on any atom is -0.478 e. The number of carbonyl (C=O) groups is 1. The minimum atomic E-state index is -0.859. The Morgan fingerprint density at radius 3 is 2.65 bits per heavy atom. The molecule has 1 aromatic rings. The van der Waals surface area contributed by atoms with Crippen LogP contribution in [0.5, 0.6) is 0 Å². The summed E-state index contributed by atoms with van der Waals surface area (Å²) in [7, 11) is 0. The summed E-state index contributed by atoms with van der Waals surface area (Å²) in [4.78, 5) is 11.1. The third kappa shape index (κ3) is 4.04. The first-order valence-electron chi connectivity index (χ1n) is 6.10. The van der Waals surface area contributed by atoms with Gasteiger partial charge in [-0.05, 0) is 30.0 Å². The second-order valence-corrected chi connectivity index (χ2v) is 4.46. The van der Waals surface area contributed by atoms with Crippen molar-refractivity contribution in [2.75, 3.05) is 0 Å². The Morgan fingerprint density at radius 1 is 1.29 bits per heavy atom. The number of hydrogen-bond donors (Lipinski definition) is 1. The highest BCUT2D eigenvalue weighted by Crippen LogP contribution is 2.20. The number of rotatable bonds is 7. The minimum absolute atomic E-state index is 0.379. The summed E-state index contributed by atoms with van der Waals surface area (Å²) in [6.45, 7) is 2.16. The van der Waals surface area contributed by atoms with Gasteiger partial charge in [-0.2, -0.15) is 0 Å². The van der Waals surface area contributed by atoms with E-state index in [1.165, 1.54) is 12.8 Å². The third-order valence-electron chi connectivity index (χ3n) is 2.93. The molecule has 0 atom stereocenters. The molecule has 0 saturated carbocycles. The average molecular weight is 255 g/mol. The number of halogens is 1. The summed E-state index contributed by atoms with van der Waals surface area (Å²) in [5.74, 6) is -0.480. The first-order valence-corrected chi connectivity index (χ1v) is 6.64. The molecular formula is C14H19ClO2. The van der Waals surface area contributed by atoms with E-state index in [2.05, 4.69) is 6.92 Å². The van der Waals surface area contributed by atoms with Crippen LogP contribution in [-0.4, -0.2) is 11.1 Å². The standard InChI is InChI=1S/C14H19ClO2/c1-2-3-4-5-8-12-11(10-15)7-6-9-13(12)14(16)17/h6-7,9H,2-5,8,10H2,1H3,(H,16,17). The number of unbranched alkanes of at least 4 members (excludes halogenated alkanes) is 3. The van der Waals surface area contributed by atoms with Crippen molar-refractivity contribution in [3.63, 3.8) is 0 Å². The fraction of sp³-hybridized carbons (Fsp3) is 0.500. The highest BCUT2D eigenvalue weighted by atomic mass is 35.5. The molecule has 0 aromatic heterocycles. The lowest BCUT2D eigenvalue weighted by atomic mass is 9.96. The summed E-state index contributed by atoms with van der Waals surface area (Å²) in [5.41, 5.74) is 2.26. The predicted octanol–water partition coefficient (Wildman–Crippen LogP) is 4.25. The lowest BCUT2D eigenvalue weighted by Gasteiger charge is -2.10. The number of carboxylic acid groups (broad SMARTS) is 1. The van der Waals surface area contributed by atoms with Crippen molar-refractivity contribution in [1.29, 1.82) is 0 Å². The van der Waals surface area contributed by atoms with Gasteiger partial charge in [0.1, 0.15) is 0 Å². The second kappa shape index (κ2) is 7.33. The molecule has 0 unspecified atom stereocenters. The van der Waals surface area contributed by atoms with Crippen LogP contribution < -0.4 is 0 Å². The Bertz CT molecular complexity index is 374. The van der Waals surface area contributed by atoms with Crippen molar-refractivity contribution >= 4 is 17.6 Å². The molecule has 0 fully saturated rings. The van der Waals surface area contributed by atoms with Crippen molar-refractivity contribution in [3.8, 4) is 0 Å². The molecule has 1 N–H and O–H groups in total. The summed E-state index contributed by atoms with van der Waals surface area (Å²) in [5, 5.41) is 9.15. The number of aromatic carboxylic acids is 1. The Kier molecular flexibility index (Phi) is 6.06. The van der Waals surface area contributed by atoms with Crippen LogP contribution in [0.3, 0.4) is 0 Å². The van der Waals surface area contributed by atoms with Crippen molar-refractivity contribution in [3.05, 3.63) is 34.9 Å². The van der Waals surface area contributed by atoms with Gasteiger partial charge in [-0.1, -0.05) is 38.3 Å². The van der Waals surface area contributed by atoms with Gasteiger partial charge in [-0.15, -0.1) is 11.6 Å². The van der Waals surface area contributed by atoms with Gasteiger partial charge in [0.2, 0.25) is 0 Å². The largest absolute Gasteiger partial charge is 0.478 e. The Labute approximate surface area is 108 Å². The van der Waals surface area contributed by atoms with Crippen LogP contribution in [0.25, 0.3) is 0 Å². The molecule has 2 nitrogen and oxygen atoms in total. The first-order chi connectivity index (χ1) is 8.20. The highest BCUT2D eigenvalue weighted by molar-refractivity contribution is 6.17. The molecule has 0 saturated heterocycles. The van der Waals surface area contributed by atoms with E-state index in [9.17, 15) is 4.79 Å². The number of benzene rings is 1.